The van der Waals surface area contributed by atoms with Gasteiger partial charge in [0, 0.05) is 13.1 Å². The molecule has 0 radical (unpaired) electrons. The number of hydrogen-bond donors (Lipinski definition) is 1. The van der Waals surface area contributed by atoms with Gasteiger partial charge in [-0.1, -0.05) is 38.1 Å². The molecule has 2 heterocycles. The monoisotopic (exact) mass is 581 g/mol. The lowest BCUT2D eigenvalue weighted by Gasteiger charge is -2.38. The molecule has 42 heavy (non-hydrogen) atoms. The molecular weight excluding hydrogens is 538 g/mol. The van der Waals surface area contributed by atoms with Gasteiger partial charge in [-0.2, -0.15) is 0 Å². The summed E-state index contributed by atoms with van der Waals surface area (Å²) in [6, 6.07) is 15.0. The van der Waals surface area contributed by atoms with Gasteiger partial charge in [-0.05, 0) is 79.8 Å². The summed E-state index contributed by atoms with van der Waals surface area (Å²) in [4.78, 5) is 50.6. The SMILES string of the molecule is CCOC(=O)C(=O)N1C[C@@H](C)CC[C@@H]1c1cccc(OC)c1.COc1cccc([C@H]2CC[C@H](C)CN2C(=O)C(N)=O)c1. The Labute approximate surface area is 248 Å². The lowest BCUT2D eigenvalue weighted by molar-refractivity contribution is -0.162. The van der Waals surface area contributed by atoms with Crippen LogP contribution in [0.4, 0.5) is 0 Å². The maximum atomic E-state index is 12.4. The standard InChI is InChI=1S/C17H23NO4.C15H20N2O3/c1-4-22-17(20)16(19)18-11-12(2)8-9-15(18)13-6-5-7-14(10-13)21-3;1-10-6-7-13(17(9-10)15(19)14(16)18)11-4-3-5-12(8-11)20-2/h5-7,10,12,15H,4,8-9,11H2,1-3H3;3-5,8,10,13H,6-7,9H2,1-2H3,(H2,16,18)/t12-,15+;10-,13+/m00/s1. The summed E-state index contributed by atoms with van der Waals surface area (Å²) in [5.74, 6) is -0.588. The normalized spacial score (nSPS) is 21.8. The summed E-state index contributed by atoms with van der Waals surface area (Å²) in [7, 11) is 3.22. The molecule has 4 rings (SSSR count). The molecule has 0 spiro atoms. The highest BCUT2D eigenvalue weighted by Crippen LogP contribution is 2.36. The molecule has 0 unspecified atom stereocenters. The number of carbonyl (C=O) groups is 4. The smallest absolute Gasteiger partial charge is 0.397 e. The van der Waals surface area contributed by atoms with Crippen molar-refractivity contribution < 1.29 is 33.4 Å². The molecule has 3 amide bonds. The van der Waals surface area contributed by atoms with Crippen LogP contribution in [0.2, 0.25) is 0 Å². The zero-order valence-electron chi connectivity index (χ0n) is 25.2. The van der Waals surface area contributed by atoms with E-state index in [-0.39, 0.29) is 18.7 Å². The Balaban J connectivity index is 0.000000231. The molecule has 0 bridgehead atoms. The summed E-state index contributed by atoms with van der Waals surface area (Å²) in [6.45, 7) is 7.20. The van der Waals surface area contributed by atoms with E-state index in [1.165, 1.54) is 0 Å². The second kappa shape index (κ2) is 15.2. The molecule has 2 aliphatic heterocycles. The van der Waals surface area contributed by atoms with Crippen molar-refractivity contribution in [2.75, 3.05) is 33.9 Å². The van der Waals surface area contributed by atoms with Crippen LogP contribution in [0.15, 0.2) is 48.5 Å². The minimum atomic E-state index is -0.896. The van der Waals surface area contributed by atoms with Crippen LogP contribution in [-0.2, 0) is 23.9 Å². The van der Waals surface area contributed by atoms with Crippen LogP contribution in [-0.4, -0.2) is 67.4 Å². The number of nitrogens with two attached hydrogens (primary N) is 1. The van der Waals surface area contributed by atoms with Crippen LogP contribution in [0.25, 0.3) is 0 Å². The first-order valence-corrected chi connectivity index (χ1v) is 14.5. The van der Waals surface area contributed by atoms with Crippen molar-refractivity contribution in [1.82, 2.24) is 9.80 Å². The van der Waals surface area contributed by atoms with Gasteiger partial charge in [0.25, 0.3) is 0 Å². The average Bonchev–Trinajstić information content (AvgIpc) is 3.00. The number of primary amides is 1. The number of ether oxygens (including phenoxy) is 3. The minimum Gasteiger partial charge on any atom is -0.497 e. The number of carbonyl (C=O) groups excluding carboxylic acids is 4. The van der Waals surface area contributed by atoms with Gasteiger partial charge < -0.3 is 29.7 Å². The molecule has 0 saturated carbocycles. The van der Waals surface area contributed by atoms with Gasteiger partial charge in [0.15, 0.2) is 0 Å². The number of likely N-dealkylation sites (tertiary alicyclic amines) is 2. The molecule has 2 aliphatic rings. The third-order valence-corrected chi connectivity index (χ3v) is 7.77. The van der Waals surface area contributed by atoms with Crippen molar-refractivity contribution in [3.63, 3.8) is 0 Å². The molecule has 0 aliphatic carbocycles. The van der Waals surface area contributed by atoms with E-state index in [1.54, 1.807) is 30.9 Å². The lowest BCUT2D eigenvalue weighted by atomic mass is 9.89. The van der Waals surface area contributed by atoms with E-state index in [2.05, 4.69) is 13.8 Å². The van der Waals surface area contributed by atoms with Crippen molar-refractivity contribution in [2.45, 2.75) is 58.5 Å². The first-order chi connectivity index (χ1) is 20.1. The Kier molecular flexibility index (Phi) is 11.8. The molecule has 2 aromatic rings. The van der Waals surface area contributed by atoms with E-state index < -0.39 is 23.7 Å². The van der Waals surface area contributed by atoms with Gasteiger partial charge in [-0.15, -0.1) is 0 Å². The van der Waals surface area contributed by atoms with Crippen LogP contribution in [0.5, 0.6) is 11.5 Å². The third-order valence-electron chi connectivity index (χ3n) is 7.77. The molecule has 2 aromatic carbocycles. The fraction of sp³-hybridized carbons (Fsp3) is 0.500. The molecule has 228 valence electrons. The largest absolute Gasteiger partial charge is 0.497 e. The highest BCUT2D eigenvalue weighted by Gasteiger charge is 2.35. The van der Waals surface area contributed by atoms with Crippen LogP contribution in [0.3, 0.4) is 0 Å². The predicted molar refractivity (Wildman–Crippen MR) is 158 cm³/mol. The summed E-state index contributed by atoms with van der Waals surface area (Å²) in [6.07, 6.45) is 3.70. The third kappa shape index (κ3) is 8.24. The number of benzene rings is 2. The van der Waals surface area contributed by atoms with Crippen LogP contribution < -0.4 is 15.2 Å². The molecule has 10 heteroatoms. The Bertz CT molecular complexity index is 1250. The van der Waals surface area contributed by atoms with E-state index >= 15 is 0 Å². The number of nitrogens with zero attached hydrogens (tertiary/aromatic N) is 2. The van der Waals surface area contributed by atoms with Crippen LogP contribution >= 0.6 is 0 Å². The highest BCUT2D eigenvalue weighted by molar-refractivity contribution is 6.34. The number of esters is 1. The Morgan fingerprint density at radius 1 is 0.762 bits per heavy atom. The van der Waals surface area contributed by atoms with Crippen molar-refractivity contribution in [1.29, 1.82) is 0 Å². The first-order valence-electron chi connectivity index (χ1n) is 14.5. The van der Waals surface area contributed by atoms with Crippen molar-refractivity contribution in [2.24, 2.45) is 17.6 Å². The lowest BCUT2D eigenvalue weighted by Crippen LogP contribution is -2.46. The zero-order valence-corrected chi connectivity index (χ0v) is 25.2. The molecule has 2 fully saturated rings. The van der Waals surface area contributed by atoms with Gasteiger partial charge in [0.2, 0.25) is 0 Å². The maximum Gasteiger partial charge on any atom is 0.397 e. The molecule has 2 saturated heterocycles. The maximum absolute atomic E-state index is 12.4. The van der Waals surface area contributed by atoms with E-state index in [1.807, 2.05) is 48.5 Å². The average molecular weight is 582 g/mol. The second-order valence-corrected chi connectivity index (χ2v) is 10.9. The fourth-order valence-electron chi connectivity index (χ4n) is 5.60. The number of hydrogen-bond acceptors (Lipinski definition) is 7. The number of piperidine rings is 2. The fourth-order valence-corrected chi connectivity index (χ4v) is 5.60. The number of methoxy groups -OCH3 is 2. The Hall–Kier alpha value is -4.08. The molecule has 2 N–H and O–H groups in total. The molecule has 0 aromatic heterocycles. The van der Waals surface area contributed by atoms with Gasteiger partial charge >= 0.3 is 23.7 Å². The minimum absolute atomic E-state index is 0.108. The van der Waals surface area contributed by atoms with Gasteiger partial charge in [0.05, 0.1) is 32.9 Å². The van der Waals surface area contributed by atoms with Gasteiger partial charge in [-0.3, -0.25) is 14.4 Å². The predicted octanol–water partition coefficient (Wildman–Crippen LogP) is 4.04. The molecule has 10 nitrogen and oxygen atoms in total. The van der Waals surface area contributed by atoms with E-state index in [4.69, 9.17) is 19.9 Å². The summed E-state index contributed by atoms with van der Waals surface area (Å²) >= 11 is 0. The van der Waals surface area contributed by atoms with E-state index in [0.717, 1.165) is 48.3 Å². The second-order valence-electron chi connectivity index (χ2n) is 10.9. The zero-order chi connectivity index (χ0) is 30.8. The highest BCUT2D eigenvalue weighted by atomic mass is 16.5. The van der Waals surface area contributed by atoms with E-state index in [9.17, 15) is 19.2 Å². The summed E-state index contributed by atoms with van der Waals surface area (Å²) in [5, 5.41) is 0. The Morgan fingerprint density at radius 2 is 1.21 bits per heavy atom. The first kappa shape index (κ1) is 32.4. The molecule has 4 atom stereocenters. The van der Waals surface area contributed by atoms with Crippen molar-refractivity contribution in [3.05, 3.63) is 59.7 Å². The quantitative estimate of drug-likeness (QED) is 0.417. The summed E-state index contributed by atoms with van der Waals surface area (Å²) < 4.78 is 15.3. The molecular formula is C32H43N3O7. The van der Waals surface area contributed by atoms with Gasteiger partial charge in [0.1, 0.15) is 11.5 Å². The summed E-state index contributed by atoms with van der Waals surface area (Å²) in [5.41, 5.74) is 7.12. The van der Waals surface area contributed by atoms with Gasteiger partial charge in [-0.25, -0.2) is 4.79 Å². The van der Waals surface area contributed by atoms with E-state index in [0.29, 0.717) is 24.9 Å². The van der Waals surface area contributed by atoms with Crippen molar-refractivity contribution in [3.8, 4) is 11.5 Å². The van der Waals surface area contributed by atoms with Crippen LogP contribution in [0, 0.1) is 11.8 Å². The van der Waals surface area contributed by atoms with Crippen LogP contribution in [0.1, 0.15) is 69.7 Å². The Morgan fingerprint density at radius 3 is 1.62 bits per heavy atom. The number of amides is 3. The topological polar surface area (TPSA) is 128 Å². The van der Waals surface area contributed by atoms with Crippen molar-refractivity contribution >= 4 is 23.7 Å². The number of rotatable bonds is 5.